The van der Waals surface area contributed by atoms with E-state index in [2.05, 4.69) is 18.9 Å². The molecule has 1 unspecified atom stereocenters. The number of carbonyl (C=O) groups excluding carboxylic acids is 2. The van der Waals surface area contributed by atoms with E-state index >= 15 is 0 Å². The Balaban J connectivity index is 1.44. The van der Waals surface area contributed by atoms with Gasteiger partial charge in [-0.2, -0.15) is 5.10 Å². The number of fused-ring (bicyclic) bond motifs is 1. The van der Waals surface area contributed by atoms with Crippen molar-refractivity contribution >= 4 is 11.8 Å². The molecule has 4 rings (SSSR count). The molecule has 2 amide bonds. The summed E-state index contributed by atoms with van der Waals surface area (Å²) in [5.41, 5.74) is 0.677. The molecule has 0 aromatic carbocycles. The first kappa shape index (κ1) is 16.6. The number of likely N-dealkylation sites (tertiary alicyclic amines) is 2. The van der Waals surface area contributed by atoms with Gasteiger partial charge in [-0.15, -0.1) is 0 Å². The van der Waals surface area contributed by atoms with Crippen LogP contribution >= 0.6 is 0 Å². The lowest BCUT2D eigenvalue weighted by Gasteiger charge is -2.24. The molecule has 0 N–H and O–H groups in total. The Hall–Kier alpha value is -1.85. The maximum Gasteiger partial charge on any atom is 0.274 e. The lowest BCUT2D eigenvalue weighted by molar-refractivity contribution is -0.132. The van der Waals surface area contributed by atoms with Crippen LogP contribution < -0.4 is 0 Å². The summed E-state index contributed by atoms with van der Waals surface area (Å²) in [6.45, 7) is 10.7. The topological polar surface area (TPSA) is 58.4 Å². The number of amides is 2. The second kappa shape index (κ2) is 5.58. The summed E-state index contributed by atoms with van der Waals surface area (Å²) in [6.07, 6.45) is 3.84. The van der Waals surface area contributed by atoms with Gasteiger partial charge in [-0.05, 0) is 38.2 Å². The molecule has 2 saturated heterocycles. The smallest absolute Gasteiger partial charge is 0.274 e. The third kappa shape index (κ3) is 2.75. The maximum atomic E-state index is 12.9. The number of hydrogen-bond donors (Lipinski definition) is 0. The summed E-state index contributed by atoms with van der Waals surface area (Å²) in [6, 6.07) is 2.21. The van der Waals surface area contributed by atoms with Crippen molar-refractivity contribution in [3.8, 4) is 0 Å². The number of hydrogen-bond acceptors (Lipinski definition) is 3. The van der Waals surface area contributed by atoms with E-state index in [1.165, 1.54) is 0 Å². The first-order chi connectivity index (χ1) is 11.8. The fourth-order valence-corrected chi connectivity index (χ4v) is 4.39. The highest BCUT2D eigenvalue weighted by Crippen LogP contribution is 2.53. The minimum absolute atomic E-state index is 0.00736. The van der Waals surface area contributed by atoms with Crippen LogP contribution in [0.5, 0.6) is 0 Å². The Kier molecular flexibility index (Phi) is 3.71. The lowest BCUT2D eigenvalue weighted by atomic mass is 10.1. The monoisotopic (exact) mass is 344 g/mol. The molecule has 2 aliphatic heterocycles. The van der Waals surface area contributed by atoms with E-state index in [-0.39, 0.29) is 35.2 Å². The minimum atomic E-state index is 0.00736. The molecular weight excluding hydrogens is 316 g/mol. The first-order valence-corrected chi connectivity index (χ1v) is 9.43. The summed E-state index contributed by atoms with van der Waals surface area (Å²) < 4.78 is 1.82. The molecular formula is C19H28N4O2. The van der Waals surface area contributed by atoms with Gasteiger partial charge in [0.25, 0.3) is 5.91 Å². The maximum absolute atomic E-state index is 12.9. The van der Waals surface area contributed by atoms with Gasteiger partial charge in [0.05, 0.1) is 6.04 Å². The first-order valence-electron chi connectivity index (χ1n) is 9.43. The Morgan fingerprint density at radius 2 is 2.00 bits per heavy atom. The third-order valence-corrected chi connectivity index (χ3v) is 6.29. The van der Waals surface area contributed by atoms with E-state index in [0.717, 1.165) is 25.9 Å². The van der Waals surface area contributed by atoms with E-state index < -0.39 is 0 Å². The molecule has 3 fully saturated rings. The summed E-state index contributed by atoms with van der Waals surface area (Å²) in [4.78, 5) is 29.5. The van der Waals surface area contributed by atoms with Crippen molar-refractivity contribution < 1.29 is 9.59 Å². The second-order valence-electron chi connectivity index (χ2n) is 8.88. The molecule has 3 aliphatic rings. The van der Waals surface area contributed by atoms with Crippen LogP contribution in [0.3, 0.4) is 0 Å². The standard InChI is InChI=1S/C19H28N4O2/c1-12(2)23-8-6-15(20-23)18(25)22-7-5-13-10-21(11-16(13)22)17(24)14-9-19(14,3)4/h6,8,12-14,16H,5,7,9-11H2,1-4H3/t13-,14?,16+/m1/s1. The summed E-state index contributed by atoms with van der Waals surface area (Å²) in [5.74, 6) is 0.892. The van der Waals surface area contributed by atoms with Gasteiger partial charge in [0.15, 0.2) is 0 Å². The molecule has 1 aromatic heterocycles. The van der Waals surface area contributed by atoms with E-state index in [4.69, 9.17) is 0 Å². The van der Waals surface area contributed by atoms with Gasteiger partial charge >= 0.3 is 0 Å². The van der Waals surface area contributed by atoms with Crippen LogP contribution in [0.25, 0.3) is 0 Å². The van der Waals surface area contributed by atoms with Gasteiger partial charge < -0.3 is 9.80 Å². The van der Waals surface area contributed by atoms with Crippen molar-refractivity contribution in [2.24, 2.45) is 17.3 Å². The molecule has 1 saturated carbocycles. The van der Waals surface area contributed by atoms with Crippen molar-refractivity contribution in [1.29, 1.82) is 0 Å². The van der Waals surface area contributed by atoms with Crippen molar-refractivity contribution in [1.82, 2.24) is 19.6 Å². The van der Waals surface area contributed by atoms with Crippen LogP contribution in [0.2, 0.25) is 0 Å². The highest BCUT2D eigenvalue weighted by atomic mass is 16.2. The van der Waals surface area contributed by atoms with E-state index in [1.807, 2.05) is 34.5 Å². The summed E-state index contributed by atoms with van der Waals surface area (Å²) in [5, 5.41) is 4.42. The van der Waals surface area contributed by atoms with Crippen LogP contribution in [0.15, 0.2) is 12.3 Å². The molecule has 1 aliphatic carbocycles. The Morgan fingerprint density at radius 1 is 1.28 bits per heavy atom. The van der Waals surface area contributed by atoms with Crippen LogP contribution in [0.1, 0.15) is 57.1 Å². The lowest BCUT2D eigenvalue weighted by Crippen LogP contribution is -2.41. The molecule has 6 nitrogen and oxygen atoms in total. The molecule has 1 aromatic rings. The number of aromatic nitrogens is 2. The number of rotatable bonds is 3. The predicted octanol–water partition coefficient (Wildman–Crippen LogP) is 2.18. The zero-order chi connectivity index (χ0) is 17.9. The van der Waals surface area contributed by atoms with Gasteiger partial charge in [0.2, 0.25) is 5.91 Å². The van der Waals surface area contributed by atoms with Crippen molar-refractivity contribution in [3.05, 3.63) is 18.0 Å². The molecule has 6 heteroatoms. The van der Waals surface area contributed by atoms with Crippen molar-refractivity contribution in [2.45, 2.75) is 52.6 Å². The highest BCUT2D eigenvalue weighted by Gasteiger charge is 2.54. The van der Waals surface area contributed by atoms with Gasteiger partial charge in [-0.3, -0.25) is 14.3 Å². The highest BCUT2D eigenvalue weighted by molar-refractivity contribution is 5.93. The normalized spacial score (nSPS) is 30.0. The largest absolute Gasteiger partial charge is 0.340 e. The van der Waals surface area contributed by atoms with Gasteiger partial charge in [0, 0.05) is 43.7 Å². The van der Waals surface area contributed by atoms with Crippen molar-refractivity contribution in [2.75, 3.05) is 19.6 Å². The Labute approximate surface area is 149 Å². The van der Waals surface area contributed by atoms with E-state index in [9.17, 15) is 9.59 Å². The zero-order valence-corrected chi connectivity index (χ0v) is 15.6. The van der Waals surface area contributed by atoms with Crippen LogP contribution in [-0.4, -0.2) is 57.1 Å². The number of nitrogens with zero attached hydrogens (tertiary/aromatic N) is 4. The molecule has 3 heterocycles. The number of carbonyl (C=O) groups is 2. The third-order valence-electron chi connectivity index (χ3n) is 6.29. The van der Waals surface area contributed by atoms with Gasteiger partial charge in [-0.25, -0.2) is 0 Å². The van der Waals surface area contributed by atoms with Gasteiger partial charge in [-0.1, -0.05) is 13.8 Å². The molecule has 0 radical (unpaired) electrons. The molecule has 0 bridgehead atoms. The Morgan fingerprint density at radius 3 is 2.60 bits per heavy atom. The molecule has 3 atom stereocenters. The van der Waals surface area contributed by atoms with Gasteiger partial charge in [0.1, 0.15) is 5.69 Å². The predicted molar refractivity (Wildman–Crippen MR) is 94.0 cm³/mol. The molecule has 0 spiro atoms. The van der Waals surface area contributed by atoms with Crippen LogP contribution in [-0.2, 0) is 4.79 Å². The van der Waals surface area contributed by atoms with Crippen molar-refractivity contribution in [3.63, 3.8) is 0 Å². The van der Waals surface area contributed by atoms with E-state index in [0.29, 0.717) is 18.2 Å². The second-order valence-corrected chi connectivity index (χ2v) is 8.88. The van der Waals surface area contributed by atoms with E-state index in [1.54, 1.807) is 6.07 Å². The van der Waals surface area contributed by atoms with Crippen LogP contribution in [0.4, 0.5) is 0 Å². The fraction of sp³-hybridized carbons (Fsp3) is 0.737. The summed E-state index contributed by atoms with van der Waals surface area (Å²) in [7, 11) is 0. The van der Waals surface area contributed by atoms with Crippen LogP contribution in [0, 0.1) is 17.3 Å². The molecule has 25 heavy (non-hydrogen) atoms. The SMILES string of the molecule is CC(C)n1ccc(C(=O)N2CC[C@@H]3CN(C(=O)C4CC4(C)C)C[C@@H]32)n1. The fourth-order valence-electron chi connectivity index (χ4n) is 4.39. The summed E-state index contributed by atoms with van der Waals surface area (Å²) >= 11 is 0. The Bertz CT molecular complexity index is 708. The average molecular weight is 344 g/mol. The zero-order valence-electron chi connectivity index (χ0n) is 15.6. The average Bonchev–Trinajstić information content (AvgIpc) is 3.03. The minimum Gasteiger partial charge on any atom is -0.340 e. The quantitative estimate of drug-likeness (QED) is 0.844. The molecule has 136 valence electrons.